The number of nitriles is 1. The maximum absolute atomic E-state index is 9.59. The Labute approximate surface area is 116 Å². The first-order valence-corrected chi connectivity index (χ1v) is 7.03. The Morgan fingerprint density at radius 3 is 2.61 bits per heavy atom. The van der Waals surface area contributed by atoms with E-state index >= 15 is 0 Å². The fourth-order valence-corrected chi connectivity index (χ4v) is 2.94. The lowest BCUT2D eigenvalue weighted by atomic mass is 9.92. The molecular weight excluding hydrogens is 292 g/mol. The molecular formula is C14H17BrN2O. The van der Waals surface area contributed by atoms with Gasteiger partial charge in [0, 0.05) is 23.2 Å². The molecule has 1 aromatic carbocycles. The number of nitrogens with zero attached hydrogens (tertiary/aromatic N) is 2. The van der Waals surface area contributed by atoms with Crippen molar-refractivity contribution in [3.63, 3.8) is 0 Å². The predicted octanol–water partition coefficient (Wildman–Crippen LogP) is 2.92. The number of aliphatic hydroxyl groups excluding tert-OH is 1. The van der Waals surface area contributed by atoms with Gasteiger partial charge in [0.15, 0.2) is 0 Å². The molecule has 96 valence electrons. The van der Waals surface area contributed by atoms with Crippen molar-refractivity contribution in [3.8, 4) is 6.07 Å². The number of benzene rings is 1. The van der Waals surface area contributed by atoms with Crippen molar-refractivity contribution >= 4 is 21.6 Å². The molecule has 1 saturated heterocycles. The number of halogens is 1. The smallest absolute Gasteiger partial charge is 0.0992 e. The minimum Gasteiger partial charge on any atom is -0.393 e. The van der Waals surface area contributed by atoms with Crippen LogP contribution in [0.3, 0.4) is 0 Å². The first kappa shape index (κ1) is 13.4. The van der Waals surface area contributed by atoms with E-state index in [0.29, 0.717) is 11.5 Å². The summed E-state index contributed by atoms with van der Waals surface area (Å²) in [5, 5.41) is 18.6. The summed E-state index contributed by atoms with van der Waals surface area (Å²) in [7, 11) is 0. The van der Waals surface area contributed by atoms with E-state index in [0.717, 1.165) is 36.1 Å². The Kier molecular flexibility index (Phi) is 4.26. The summed E-state index contributed by atoms with van der Waals surface area (Å²) in [5.74, 6) is 0.406. The van der Waals surface area contributed by atoms with Gasteiger partial charge in [-0.2, -0.15) is 5.26 Å². The minimum atomic E-state index is -0.218. The van der Waals surface area contributed by atoms with Gasteiger partial charge in [-0.1, -0.05) is 15.9 Å². The molecule has 18 heavy (non-hydrogen) atoms. The van der Waals surface area contributed by atoms with Gasteiger partial charge in [0.25, 0.3) is 0 Å². The summed E-state index contributed by atoms with van der Waals surface area (Å²) in [6.45, 7) is 3.75. The number of piperidine rings is 1. The van der Waals surface area contributed by atoms with Crippen molar-refractivity contribution in [1.82, 2.24) is 0 Å². The van der Waals surface area contributed by atoms with E-state index in [-0.39, 0.29) is 6.10 Å². The molecule has 0 aliphatic carbocycles. The molecule has 1 aliphatic heterocycles. The highest BCUT2D eigenvalue weighted by Crippen LogP contribution is 2.28. The zero-order valence-corrected chi connectivity index (χ0v) is 12.0. The topological polar surface area (TPSA) is 47.3 Å². The molecule has 0 bridgehead atoms. The largest absolute Gasteiger partial charge is 0.393 e. The number of aliphatic hydroxyl groups is 1. The van der Waals surface area contributed by atoms with Gasteiger partial charge in [-0.15, -0.1) is 0 Å². The van der Waals surface area contributed by atoms with Gasteiger partial charge in [-0.25, -0.2) is 0 Å². The van der Waals surface area contributed by atoms with Crippen LogP contribution in [0.15, 0.2) is 22.7 Å². The Morgan fingerprint density at radius 2 is 2.06 bits per heavy atom. The molecule has 1 heterocycles. The Hall–Kier alpha value is -1.05. The normalized spacial score (nSPS) is 18.4. The highest BCUT2D eigenvalue weighted by atomic mass is 79.9. The lowest BCUT2D eigenvalue weighted by Gasteiger charge is -2.35. The van der Waals surface area contributed by atoms with Crippen LogP contribution in [0, 0.1) is 17.2 Å². The van der Waals surface area contributed by atoms with Crippen LogP contribution in [0.4, 0.5) is 5.69 Å². The third-order valence-electron chi connectivity index (χ3n) is 3.60. The van der Waals surface area contributed by atoms with Crippen molar-refractivity contribution < 1.29 is 5.11 Å². The van der Waals surface area contributed by atoms with Crippen LogP contribution in [-0.4, -0.2) is 24.3 Å². The number of hydrogen-bond acceptors (Lipinski definition) is 3. The highest BCUT2D eigenvalue weighted by Gasteiger charge is 2.23. The summed E-state index contributed by atoms with van der Waals surface area (Å²) >= 11 is 3.44. The summed E-state index contributed by atoms with van der Waals surface area (Å²) in [4.78, 5) is 2.28. The zero-order chi connectivity index (χ0) is 13.1. The Morgan fingerprint density at radius 1 is 1.39 bits per heavy atom. The first-order valence-electron chi connectivity index (χ1n) is 6.24. The van der Waals surface area contributed by atoms with Gasteiger partial charge in [0.1, 0.15) is 0 Å². The van der Waals surface area contributed by atoms with E-state index in [1.165, 1.54) is 0 Å². The van der Waals surface area contributed by atoms with Crippen LogP contribution in [0.25, 0.3) is 0 Å². The summed E-state index contributed by atoms with van der Waals surface area (Å²) in [6.07, 6.45) is 1.79. The number of rotatable bonds is 2. The molecule has 3 nitrogen and oxygen atoms in total. The maximum atomic E-state index is 9.59. The highest BCUT2D eigenvalue weighted by molar-refractivity contribution is 9.10. The van der Waals surface area contributed by atoms with Gasteiger partial charge < -0.3 is 10.0 Å². The molecule has 0 spiro atoms. The van der Waals surface area contributed by atoms with E-state index in [1.54, 1.807) is 0 Å². The molecule has 1 N–H and O–H groups in total. The van der Waals surface area contributed by atoms with Crippen LogP contribution in [0.1, 0.15) is 25.3 Å². The Bertz CT molecular complexity index is 459. The third-order valence-corrected chi connectivity index (χ3v) is 4.06. The molecule has 0 saturated carbocycles. The van der Waals surface area contributed by atoms with Crippen molar-refractivity contribution in [3.05, 3.63) is 28.2 Å². The van der Waals surface area contributed by atoms with Gasteiger partial charge in [-0.05, 0) is 43.9 Å². The molecule has 4 heteroatoms. The van der Waals surface area contributed by atoms with Gasteiger partial charge in [-0.3, -0.25) is 0 Å². The molecule has 1 aromatic rings. The van der Waals surface area contributed by atoms with Crippen molar-refractivity contribution in [1.29, 1.82) is 5.26 Å². The maximum Gasteiger partial charge on any atom is 0.0992 e. The molecule has 1 fully saturated rings. The van der Waals surface area contributed by atoms with Gasteiger partial charge in [0.05, 0.1) is 17.7 Å². The van der Waals surface area contributed by atoms with E-state index in [4.69, 9.17) is 5.26 Å². The lowest BCUT2D eigenvalue weighted by Crippen LogP contribution is -2.37. The molecule has 1 aliphatic rings. The average Bonchev–Trinajstić information content (AvgIpc) is 2.38. The van der Waals surface area contributed by atoms with E-state index in [1.807, 2.05) is 25.1 Å². The summed E-state index contributed by atoms with van der Waals surface area (Å²) < 4.78 is 0.939. The lowest BCUT2D eigenvalue weighted by molar-refractivity contribution is 0.110. The van der Waals surface area contributed by atoms with E-state index in [9.17, 15) is 5.11 Å². The van der Waals surface area contributed by atoms with Crippen molar-refractivity contribution in [2.45, 2.75) is 25.9 Å². The van der Waals surface area contributed by atoms with Crippen LogP contribution in [-0.2, 0) is 0 Å². The quantitative estimate of drug-likeness (QED) is 0.914. The fraction of sp³-hybridized carbons (Fsp3) is 0.500. The van der Waals surface area contributed by atoms with Crippen LogP contribution >= 0.6 is 15.9 Å². The number of anilines is 1. The molecule has 1 atom stereocenters. The zero-order valence-electron chi connectivity index (χ0n) is 10.4. The van der Waals surface area contributed by atoms with Gasteiger partial charge in [0.2, 0.25) is 0 Å². The second kappa shape index (κ2) is 5.73. The SMILES string of the molecule is CC(O)C1CCN(c2cc(Br)cc(C#N)c2)CC1. The van der Waals surface area contributed by atoms with Crippen LogP contribution in [0.2, 0.25) is 0 Å². The predicted molar refractivity (Wildman–Crippen MR) is 75.5 cm³/mol. The van der Waals surface area contributed by atoms with E-state index in [2.05, 4.69) is 26.9 Å². The van der Waals surface area contributed by atoms with Crippen molar-refractivity contribution in [2.24, 2.45) is 5.92 Å². The molecule has 0 amide bonds. The van der Waals surface area contributed by atoms with E-state index < -0.39 is 0 Å². The monoisotopic (exact) mass is 308 g/mol. The minimum absolute atomic E-state index is 0.218. The summed E-state index contributed by atoms with van der Waals surface area (Å²) in [5.41, 5.74) is 1.77. The first-order chi connectivity index (χ1) is 8.60. The van der Waals surface area contributed by atoms with Crippen LogP contribution in [0.5, 0.6) is 0 Å². The van der Waals surface area contributed by atoms with Crippen LogP contribution < -0.4 is 4.90 Å². The third kappa shape index (κ3) is 3.04. The molecule has 2 rings (SSSR count). The molecule has 0 radical (unpaired) electrons. The average molecular weight is 309 g/mol. The molecule has 1 unspecified atom stereocenters. The number of hydrogen-bond donors (Lipinski definition) is 1. The Balaban J connectivity index is 2.10. The fourth-order valence-electron chi connectivity index (χ4n) is 2.46. The van der Waals surface area contributed by atoms with Crippen molar-refractivity contribution in [2.75, 3.05) is 18.0 Å². The second-order valence-electron chi connectivity index (χ2n) is 4.87. The van der Waals surface area contributed by atoms with Gasteiger partial charge >= 0.3 is 0 Å². The standard InChI is InChI=1S/C14H17BrN2O/c1-10(18)12-2-4-17(5-3-12)14-7-11(9-16)6-13(15)8-14/h6-8,10,12,18H,2-5H2,1H3. The second-order valence-corrected chi connectivity index (χ2v) is 5.79. The molecule has 0 aromatic heterocycles. The summed E-state index contributed by atoms with van der Waals surface area (Å²) in [6, 6.07) is 7.97.